The predicted molar refractivity (Wildman–Crippen MR) is 151 cm³/mol. The smallest absolute Gasteiger partial charge is 0.359 e. The van der Waals surface area contributed by atoms with Gasteiger partial charge in [0.05, 0.1) is 18.3 Å². The third-order valence-corrected chi connectivity index (χ3v) is 14.8. The standard InChI is InChI=1S/C25H48N3O9PSi/c1-10-12-24(6,37-38(33,34)25(7,32)11-2)13-17-18(29)19(30)21(36-17)28-14-16(20(26)27-22(28)31)15-35-39(8,9)23(3,4)5/h14,17-19,21,29-30,32H,10-13,15H2,1-9H3,(H,33,34)(H2,26,27,31)/t17-,18-,19-,21-,24?,25?/m1/s1. The zero-order chi connectivity index (χ0) is 30.2. The predicted octanol–water partition coefficient (Wildman–Crippen LogP) is 3.24. The van der Waals surface area contributed by atoms with Crippen molar-refractivity contribution in [2.24, 2.45) is 0 Å². The first-order valence-corrected chi connectivity index (χ1v) is 17.9. The summed E-state index contributed by atoms with van der Waals surface area (Å²) >= 11 is 0. The molecule has 1 fully saturated rings. The maximum absolute atomic E-state index is 12.9. The van der Waals surface area contributed by atoms with Gasteiger partial charge in [0.2, 0.25) is 0 Å². The molecule has 1 aliphatic rings. The summed E-state index contributed by atoms with van der Waals surface area (Å²) in [5.41, 5.74) is 4.39. The largest absolute Gasteiger partial charge is 0.412 e. The van der Waals surface area contributed by atoms with Gasteiger partial charge in [-0.1, -0.05) is 41.0 Å². The highest BCUT2D eigenvalue weighted by Crippen LogP contribution is 2.59. The molecule has 1 aromatic heterocycles. The van der Waals surface area contributed by atoms with Crippen LogP contribution >= 0.6 is 7.60 Å². The summed E-state index contributed by atoms with van der Waals surface area (Å²) in [7, 11) is -6.65. The lowest BCUT2D eigenvalue weighted by molar-refractivity contribution is -0.0727. The van der Waals surface area contributed by atoms with Crippen molar-refractivity contribution in [1.82, 2.24) is 9.55 Å². The van der Waals surface area contributed by atoms with Crippen LogP contribution in [-0.2, 0) is 24.9 Å². The Kier molecular flexibility index (Phi) is 10.5. The molecule has 0 aromatic carbocycles. The van der Waals surface area contributed by atoms with Gasteiger partial charge in [0.15, 0.2) is 19.9 Å². The quantitative estimate of drug-likeness (QED) is 0.177. The van der Waals surface area contributed by atoms with Gasteiger partial charge in [-0.05, 0) is 44.8 Å². The van der Waals surface area contributed by atoms with Gasteiger partial charge in [0.1, 0.15) is 18.0 Å². The molecule has 1 aliphatic heterocycles. The van der Waals surface area contributed by atoms with Crippen LogP contribution in [0, 0.1) is 0 Å². The number of nitrogen functional groups attached to an aromatic ring is 1. The number of rotatable bonds is 12. The first-order valence-electron chi connectivity index (χ1n) is 13.4. The number of hydrogen-bond acceptors (Lipinski definition) is 10. The minimum absolute atomic E-state index is 0.00476. The minimum atomic E-state index is -4.50. The van der Waals surface area contributed by atoms with E-state index in [1.54, 1.807) is 13.8 Å². The van der Waals surface area contributed by atoms with Gasteiger partial charge in [-0.2, -0.15) is 4.98 Å². The molecule has 0 saturated carbocycles. The zero-order valence-electron chi connectivity index (χ0n) is 24.7. The Morgan fingerprint density at radius 2 is 1.77 bits per heavy atom. The van der Waals surface area contributed by atoms with Crippen LogP contribution in [0.2, 0.25) is 18.1 Å². The van der Waals surface area contributed by atoms with Crippen LogP contribution in [-0.4, -0.2) is 67.3 Å². The van der Waals surface area contributed by atoms with Crippen LogP contribution in [0.15, 0.2) is 11.0 Å². The first kappa shape index (κ1) is 34.1. The van der Waals surface area contributed by atoms with E-state index in [4.69, 9.17) is 19.4 Å². The number of aliphatic hydroxyl groups excluding tert-OH is 2. The number of nitrogens with zero attached hydrogens (tertiary/aromatic N) is 2. The highest BCUT2D eigenvalue weighted by Gasteiger charge is 2.51. The van der Waals surface area contributed by atoms with Crippen molar-refractivity contribution < 1.29 is 38.5 Å². The highest BCUT2D eigenvalue weighted by molar-refractivity contribution is 7.54. The SMILES string of the molecule is CCCC(C)(C[C@H]1O[C@@H](n2cc(CO[Si](C)(C)C(C)(C)C)c(N)nc2=O)[C@H](O)[C@@H]1O)OP(=O)(O)C(C)(O)CC. The van der Waals surface area contributed by atoms with Gasteiger partial charge >= 0.3 is 13.3 Å². The fraction of sp³-hybridized carbons (Fsp3) is 0.840. The number of aliphatic hydroxyl groups is 3. The molecule has 0 amide bonds. The molecule has 12 nitrogen and oxygen atoms in total. The second kappa shape index (κ2) is 12.0. The molecule has 1 aromatic rings. The molecule has 0 spiro atoms. The topological polar surface area (TPSA) is 187 Å². The monoisotopic (exact) mass is 593 g/mol. The Labute approximate surface area is 232 Å². The van der Waals surface area contributed by atoms with Crippen LogP contribution < -0.4 is 11.4 Å². The summed E-state index contributed by atoms with van der Waals surface area (Å²) in [5.74, 6) is 0.00476. The third-order valence-electron chi connectivity index (χ3n) is 8.10. The summed E-state index contributed by atoms with van der Waals surface area (Å²) < 4.78 is 31.8. The fourth-order valence-corrected chi connectivity index (χ4v) is 6.46. The van der Waals surface area contributed by atoms with E-state index in [0.29, 0.717) is 18.4 Å². The van der Waals surface area contributed by atoms with E-state index in [0.717, 1.165) is 4.57 Å². The van der Waals surface area contributed by atoms with Gasteiger partial charge < -0.3 is 39.6 Å². The molecular weight excluding hydrogens is 545 g/mol. The van der Waals surface area contributed by atoms with Crippen LogP contribution in [0.1, 0.15) is 85.9 Å². The van der Waals surface area contributed by atoms with Crippen molar-refractivity contribution in [3.8, 4) is 0 Å². The third kappa shape index (κ3) is 7.58. The lowest BCUT2D eigenvalue weighted by Gasteiger charge is -2.38. The Balaban J connectivity index is 2.33. The number of nitrogens with two attached hydrogens (primary N) is 1. The van der Waals surface area contributed by atoms with Crippen molar-refractivity contribution >= 4 is 21.7 Å². The van der Waals surface area contributed by atoms with Crippen molar-refractivity contribution in [1.29, 1.82) is 0 Å². The van der Waals surface area contributed by atoms with Crippen molar-refractivity contribution in [3.63, 3.8) is 0 Å². The van der Waals surface area contributed by atoms with E-state index >= 15 is 0 Å². The average molecular weight is 594 g/mol. The van der Waals surface area contributed by atoms with Crippen molar-refractivity contribution in [2.75, 3.05) is 5.73 Å². The van der Waals surface area contributed by atoms with E-state index in [1.807, 2.05) is 6.92 Å². The van der Waals surface area contributed by atoms with E-state index < -0.39 is 57.1 Å². The average Bonchev–Trinajstić information content (AvgIpc) is 3.05. The number of aromatic nitrogens is 2. The Morgan fingerprint density at radius 3 is 2.28 bits per heavy atom. The van der Waals surface area contributed by atoms with Gasteiger partial charge in [-0.25, -0.2) is 4.79 Å². The van der Waals surface area contributed by atoms with Gasteiger partial charge in [-0.3, -0.25) is 9.13 Å². The van der Waals surface area contributed by atoms with Crippen LogP contribution in [0.4, 0.5) is 5.82 Å². The Morgan fingerprint density at radius 1 is 1.18 bits per heavy atom. The summed E-state index contributed by atoms with van der Waals surface area (Å²) in [5, 5.41) is 30.1. The van der Waals surface area contributed by atoms with E-state index in [9.17, 15) is 29.6 Å². The Bertz CT molecular complexity index is 1110. The molecule has 39 heavy (non-hydrogen) atoms. The molecule has 0 aliphatic carbocycles. The molecule has 2 heterocycles. The second-order valence-electron chi connectivity index (χ2n) is 12.5. The Hall–Kier alpha value is -1.15. The maximum atomic E-state index is 12.9. The number of anilines is 1. The van der Waals surface area contributed by atoms with Crippen LogP contribution in [0.3, 0.4) is 0 Å². The summed E-state index contributed by atoms with van der Waals surface area (Å²) in [6, 6.07) is 0. The maximum Gasteiger partial charge on any atom is 0.359 e. The van der Waals surface area contributed by atoms with Crippen molar-refractivity contribution in [2.45, 2.75) is 134 Å². The van der Waals surface area contributed by atoms with E-state index in [1.165, 1.54) is 13.1 Å². The van der Waals surface area contributed by atoms with Gasteiger partial charge in [0, 0.05) is 18.2 Å². The summed E-state index contributed by atoms with van der Waals surface area (Å²) in [6.45, 7) is 16.8. The number of ether oxygens (including phenoxy) is 1. The van der Waals surface area contributed by atoms with Gasteiger partial charge in [-0.15, -0.1) is 0 Å². The molecule has 226 valence electrons. The van der Waals surface area contributed by atoms with E-state index in [-0.39, 0.29) is 30.3 Å². The van der Waals surface area contributed by atoms with Crippen LogP contribution in [0.5, 0.6) is 0 Å². The molecule has 2 rings (SSSR count). The zero-order valence-corrected chi connectivity index (χ0v) is 26.6. The molecule has 6 N–H and O–H groups in total. The molecule has 0 bridgehead atoms. The van der Waals surface area contributed by atoms with Crippen LogP contribution in [0.25, 0.3) is 0 Å². The second-order valence-corrected chi connectivity index (χ2v) is 19.5. The lowest BCUT2D eigenvalue weighted by Crippen LogP contribution is -2.41. The van der Waals surface area contributed by atoms with Gasteiger partial charge in [0.25, 0.3) is 0 Å². The molecule has 14 heteroatoms. The molecular formula is C25H48N3O9PSi. The lowest BCUT2D eigenvalue weighted by atomic mass is 9.91. The number of hydrogen-bond donors (Lipinski definition) is 5. The molecule has 1 saturated heterocycles. The molecule has 3 unspecified atom stereocenters. The first-order chi connectivity index (χ1) is 17.6. The van der Waals surface area contributed by atoms with Crippen molar-refractivity contribution in [3.05, 3.63) is 22.2 Å². The molecule has 7 atom stereocenters. The molecule has 0 radical (unpaired) electrons. The highest BCUT2D eigenvalue weighted by atomic mass is 31.2. The summed E-state index contributed by atoms with van der Waals surface area (Å²) in [6.07, 6.45) is -3.08. The van der Waals surface area contributed by atoms with E-state index in [2.05, 4.69) is 38.8 Å². The fourth-order valence-electron chi connectivity index (χ4n) is 4.15. The summed E-state index contributed by atoms with van der Waals surface area (Å²) in [4.78, 5) is 27.2. The normalized spacial score (nSPS) is 27.1. The minimum Gasteiger partial charge on any atom is -0.412 e.